The average Bonchev–Trinajstić information content (AvgIpc) is 2.20. The first-order valence-corrected chi connectivity index (χ1v) is 5.15. The van der Waals surface area contributed by atoms with Gasteiger partial charge in [0.15, 0.2) is 0 Å². The lowest BCUT2D eigenvalue weighted by Crippen LogP contribution is -2.09. The van der Waals surface area contributed by atoms with Crippen molar-refractivity contribution < 1.29 is 4.39 Å². The van der Waals surface area contributed by atoms with Crippen molar-refractivity contribution >= 4 is 11.6 Å². The molecule has 1 unspecified atom stereocenters. The van der Waals surface area contributed by atoms with Crippen molar-refractivity contribution in [2.45, 2.75) is 26.2 Å². The first-order chi connectivity index (χ1) is 6.60. The molecule has 0 amide bonds. The van der Waals surface area contributed by atoms with Crippen LogP contribution in [0, 0.1) is 5.82 Å². The number of nitrogens with two attached hydrogens (primary N) is 1. The Morgan fingerprint density at radius 1 is 1.50 bits per heavy atom. The third-order valence-corrected chi connectivity index (χ3v) is 2.70. The smallest absolute Gasteiger partial charge is 0.144 e. The fourth-order valence-corrected chi connectivity index (χ4v) is 1.59. The molecular formula is C11H15ClFN. The maximum absolute atomic E-state index is 13.4. The number of benzene rings is 1. The molecule has 0 saturated carbocycles. The van der Waals surface area contributed by atoms with Crippen LogP contribution in [0.1, 0.15) is 30.9 Å². The van der Waals surface area contributed by atoms with Gasteiger partial charge in [-0.15, -0.1) is 0 Å². The fraction of sp³-hybridized carbons (Fsp3) is 0.455. The topological polar surface area (TPSA) is 26.0 Å². The SMILES string of the molecule is CCc1cc(C(C)CN)cc(Cl)c1F. The Bertz CT molecular complexity index is 325. The van der Waals surface area contributed by atoms with Crippen LogP contribution in [0.25, 0.3) is 0 Å². The van der Waals surface area contributed by atoms with Crippen molar-refractivity contribution in [2.75, 3.05) is 6.54 Å². The van der Waals surface area contributed by atoms with E-state index >= 15 is 0 Å². The molecular weight excluding hydrogens is 201 g/mol. The Hall–Kier alpha value is -0.600. The summed E-state index contributed by atoms with van der Waals surface area (Å²) in [6.07, 6.45) is 0.649. The van der Waals surface area contributed by atoms with Crippen molar-refractivity contribution in [1.82, 2.24) is 0 Å². The van der Waals surface area contributed by atoms with Gasteiger partial charge >= 0.3 is 0 Å². The standard InChI is InChI=1S/C11H15ClFN/c1-3-8-4-9(7(2)6-14)5-10(12)11(8)13/h4-5,7H,3,6,14H2,1-2H3. The second-order valence-electron chi connectivity index (χ2n) is 3.47. The van der Waals surface area contributed by atoms with Gasteiger partial charge in [-0.2, -0.15) is 0 Å². The van der Waals surface area contributed by atoms with Crippen LogP contribution in [-0.2, 0) is 6.42 Å². The summed E-state index contributed by atoms with van der Waals surface area (Å²) in [5.41, 5.74) is 7.22. The molecule has 1 aromatic carbocycles. The third kappa shape index (κ3) is 2.25. The Morgan fingerprint density at radius 2 is 2.14 bits per heavy atom. The van der Waals surface area contributed by atoms with Gasteiger partial charge in [-0.25, -0.2) is 4.39 Å². The monoisotopic (exact) mass is 215 g/mol. The number of aryl methyl sites for hydroxylation is 1. The summed E-state index contributed by atoms with van der Waals surface area (Å²) in [7, 11) is 0. The molecule has 78 valence electrons. The Labute approximate surface area is 89.1 Å². The van der Waals surface area contributed by atoms with E-state index in [9.17, 15) is 4.39 Å². The normalized spacial score (nSPS) is 12.9. The van der Waals surface area contributed by atoms with Gasteiger partial charge in [0.05, 0.1) is 5.02 Å². The van der Waals surface area contributed by atoms with Gasteiger partial charge in [-0.3, -0.25) is 0 Å². The maximum atomic E-state index is 13.4. The summed E-state index contributed by atoms with van der Waals surface area (Å²) in [6, 6.07) is 3.51. The molecule has 0 bridgehead atoms. The molecule has 2 N–H and O–H groups in total. The lowest BCUT2D eigenvalue weighted by Gasteiger charge is -2.12. The molecule has 1 nitrogen and oxygen atoms in total. The maximum Gasteiger partial charge on any atom is 0.144 e. The molecule has 1 aromatic rings. The minimum Gasteiger partial charge on any atom is -0.330 e. The van der Waals surface area contributed by atoms with E-state index in [0.29, 0.717) is 18.5 Å². The zero-order valence-corrected chi connectivity index (χ0v) is 9.24. The molecule has 0 aliphatic heterocycles. The molecule has 14 heavy (non-hydrogen) atoms. The van der Waals surface area contributed by atoms with Crippen LogP contribution in [-0.4, -0.2) is 6.54 Å². The fourth-order valence-electron chi connectivity index (χ4n) is 1.35. The largest absolute Gasteiger partial charge is 0.330 e. The molecule has 0 fully saturated rings. The van der Waals surface area contributed by atoms with Crippen molar-refractivity contribution in [2.24, 2.45) is 5.73 Å². The second kappa shape index (κ2) is 4.76. The van der Waals surface area contributed by atoms with Crippen LogP contribution in [0.3, 0.4) is 0 Å². The quantitative estimate of drug-likeness (QED) is 0.824. The number of rotatable bonds is 3. The minimum atomic E-state index is -0.304. The number of hydrogen-bond donors (Lipinski definition) is 1. The van der Waals surface area contributed by atoms with Crippen LogP contribution in [0.5, 0.6) is 0 Å². The summed E-state index contributed by atoms with van der Waals surface area (Å²) in [6.45, 7) is 4.46. The van der Waals surface area contributed by atoms with E-state index in [1.54, 1.807) is 6.07 Å². The van der Waals surface area contributed by atoms with Crippen molar-refractivity contribution in [3.8, 4) is 0 Å². The first-order valence-electron chi connectivity index (χ1n) is 4.78. The van der Waals surface area contributed by atoms with Gasteiger partial charge in [-0.05, 0) is 36.1 Å². The summed E-state index contributed by atoms with van der Waals surface area (Å²) in [5, 5.41) is 0.194. The molecule has 0 aliphatic carbocycles. The van der Waals surface area contributed by atoms with Crippen LogP contribution in [0.2, 0.25) is 5.02 Å². The van der Waals surface area contributed by atoms with E-state index in [2.05, 4.69) is 0 Å². The van der Waals surface area contributed by atoms with E-state index in [1.165, 1.54) is 0 Å². The predicted molar refractivity (Wildman–Crippen MR) is 58.3 cm³/mol. The lowest BCUT2D eigenvalue weighted by molar-refractivity contribution is 0.610. The van der Waals surface area contributed by atoms with Gasteiger partial charge in [-0.1, -0.05) is 31.5 Å². The summed E-state index contributed by atoms with van der Waals surface area (Å²) >= 11 is 5.78. The van der Waals surface area contributed by atoms with Crippen molar-refractivity contribution in [3.63, 3.8) is 0 Å². The zero-order chi connectivity index (χ0) is 10.7. The lowest BCUT2D eigenvalue weighted by atomic mass is 9.98. The predicted octanol–water partition coefficient (Wildman–Crippen LogP) is 3.10. The Kier molecular flexibility index (Phi) is 3.90. The highest BCUT2D eigenvalue weighted by Gasteiger charge is 2.11. The summed E-state index contributed by atoms with van der Waals surface area (Å²) < 4.78 is 13.4. The highest BCUT2D eigenvalue weighted by molar-refractivity contribution is 6.30. The van der Waals surface area contributed by atoms with E-state index < -0.39 is 0 Å². The van der Waals surface area contributed by atoms with E-state index in [4.69, 9.17) is 17.3 Å². The second-order valence-corrected chi connectivity index (χ2v) is 3.87. The van der Waals surface area contributed by atoms with Gasteiger partial charge < -0.3 is 5.73 Å². The molecule has 0 spiro atoms. The summed E-state index contributed by atoms with van der Waals surface area (Å²) in [4.78, 5) is 0. The van der Waals surface area contributed by atoms with Gasteiger partial charge in [0.1, 0.15) is 5.82 Å². The van der Waals surface area contributed by atoms with E-state index in [0.717, 1.165) is 5.56 Å². The molecule has 0 aliphatic rings. The van der Waals surface area contributed by atoms with E-state index in [1.807, 2.05) is 19.9 Å². The third-order valence-electron chi connectivity index (χ3n) is 2.43. The Morgan fingerprint density at radius 3 is 2.64 bits per heavy atom. The zero-order valence-electron chi connectivity index (χ0n) is 8.48. The molecule has 0 aromatic heterocycles. The molecule has 0 radical (unpaired) electrons. The highest BCUT2D eigenvalue weighted by Crippen LogP contribution is 2.25. The van der Waals surface area contributed by atoms with Gasteiger partial charge in [0.25, 0.3) is 0 Å². The molecule has 0 heterocycles. The van der Waals surface area contributed by atoms with Gasteiger partial charge in [0, 0.05) is 0 Å². The Balaban J connectivity index is 3.16. The molecule has 0 saturated heterocycles. The van der Waals surface area contributed by atoms with Crippen LogP contribution >= 0.6 is 11.6 Å². The average molecular weight is 216 g/mol. The molecule has 1 rings (SSSR count). The molecule has 3 heteroatoms. The van der Waals surface area contributed by atoms with Crippen LogP contribution < -0.4 is 5.73 Å². The van der Waals surface area contributed by atoms with E-state index in [-0.39, 0.29) is 16.8 Å². The minimum absolute atomic E-state index is 0.194. The number of halogens is 2. The van der Waals surface area contributed by atoms with Crippen LogP contribution in [0.4, 0.5) is 4.39 Å². The van der Waals surface area contributed by atoms with Crippen LogP contribution in [0.15, 0.2) is 12.1 Å². The summed E-state index contributed by atoms with van der Waals surface area (Å²) in [5.74, 6) is -0.0828. The number of hydrogen-bond acceptors (Lipinski definition) is 1. The highest BCUT2D eigenvalue weighted by atomic mass is 35.5. The molecule has 1 atom stereocenters. The van der Waals surface area contributed by atoms with Crippen molar-refractivity contribution in [3.05, 3.63) is 34.1 Å². The first kappa shape index (κ1) is 11.5. The van der Waals surface area contributed by atoms with Gasteiger partial charge in [0.2, 0.25) is 0 Å². The van der Waals surface area contributed by atoms with Crippen molar-refractivity contribution in [1.29, 1.82) is 0 Å².